The molecule has 0 atom stereocenters. The molecule has 2 rings (SSSR count). The van der Waals surface area contributed by atoms with E-state index in [1.165, 1.54) is 18.2 Å². The van der Waals surface area contributed by atoms with E-state index in [1.807, 2.05) is 0 Å². The van der Waals surface area contributed by atoms with E-state index in [4.69, 9.17) is 11.5 Å². The van der Waals surface area contributed by atoms with Crippen molar-refractivity contribution < 1.29 is 31.1 Å². The number of carbonyl (C=O) groups excluding carboxylic acids is 1. The van der Waals surface area contributed by atoms with Gasteiger partial charge in [0.25, 0.3) is 5.91 Å². The Bertz CT molecular complexity index is 1110. The van der Waals surface area contributed by atoms with E-state index >= 15 is 0 Å². The second-order valence-corrected chi connectivity index (χ2v) is 6.12. The standard InChI is InChI=1S/C19H16F6N6O/c1-2-30(11(9-27)5-6-26)17(32)14-4-3-7-31(14)16-12(10-28)13(18(20,21)22)8-15(29-16)19(23,24)25/h3-9H,2,26-27H2,1H3/b6-5-,11-9+. The van der Waals surface area contributed by atoms with Gasteiger partial charge >= 0.3 is 12.4 Å². The second kappa shape index (κ2) is 9.04. The minimum absolute atomic E-state index is 0.0340. The molecule has 7 nitrogen and oxygen atoms in total. The molecule has 2 aromatic heterocycles. The molecule has 2 aromatic rings. The molecule has 0 unspecified atom stereocenters. The molecule has 0 bridgehead atoms. The van der Waals surface area contributed by atoms with E-state index in [9.17, 15) is 36.4 Å². The van der Waals surface area contributed by atoms with Crippen molar-refractivity contribution in [3.8, 4) is 11.9 Å². The number of alkyl halides is 6. The lowest BCUT2D eigenvalue weighted by molar-refractivity contribution is -0.145. The van der Waals surface area contributed by atoms with Gasteiger partial charge in [0.2, 0.25) is 0 Å². The summed E-state index contributed by atoms with van der Waals surface area (Å²) in [4.78, 5) is 17.4. The average molecular weight is 458 g/mol. The quantitative estimate of drug-likeness (QED) is 0.526. The van der Waals surface area contributed by atoms with Crippen molar-refractivity contribution in [2.75, 3.05) is 6.54 Å². The van der Waals surface area contributed by atoms with Gasteiger partial charge in [0.1, 0.15) is 23.0 Å². The fourth-order valence-corrected chi connectivity index (χ4v) is 2.84. The molecule has 4 N–H and O–H groups in total. The zero-order valence-electron chi connectivity index (χ0n) is 16.4. The number of hydrogen-bond donors (Lipinski definition) is 2. The Morgan fingerprint density at radius 3 is 2.38 bits per heavy atom. The maximum absolute atomic E-state index is 13.4. The molecule has 2 heterocycles. The molecule has 32 heavy (non-hydrogen) atoms. The van der Waals surface area contributed by atoms with E-state index < -0.39 is 40.9 Å². The number of nitrogens with zero attached hydrogens (tertiary/aromatic N) is 4. The van der Waals surface area contributed by atoms with E-state index in [2.05, 4.69) is 4.98 Å². The summed E-state index contributed by atoms with van der Waals surface area (Å²) in [7, 11) is 0. The number of pyridine rings is 1. The van der Waals surface area contributed by atoms with Crippen LogP contribution in [0.2, 0.25) is 0 Å². The molecule has 1 amide bonds. The summed E-state index contributed by atoms with van der Waals surface area (Å²) < 4.78 is 80.7. The summed E-state index contributed by atoms with van der Waals surface area (Å²) >= 11 is 0. The van der Waals surface area contributed by atoms with Gasteiger partial charge in [-0.15, -0.1) is 0 Å². The highest BCUT2D eigenvalue weighted by atomic mass is 19.4. The predicted molar refractivity (Wildman–Crippen MR) is 101 cm³/mol. The largest absolute Gasteiger partial charge is 0.433 e. The number of likely N-dealkylation sites (N-methyl/N-ethyl adjacent to an activating group) is 1. The van der Waals surface area contributed by atoms with Crippen LogP contribution in [-0.2, 0) is 12.4 Å². The summed E-state index contributed by atoms with van der Waals surface area (Å²) in [6.07, 6.45) is -6.09. The van der Waals surface area contributed by atoms with Crippen molar-refractivity contribution >= 4 is 5.91 Å². The van der Waals surface area contributed by atoms with Crippen LogP contribution in [0.4, 0.5) is 26.3 Å². The van der Waals surface area contributed by atoms with Crippen LogP contribution in [-0.4, -0.2) is 26.9 Å². The summed E-state index contributed by atoms with van der Waals surface area (Å²) in [6.45, 7) is 1.59. The lowest BCUT2D eigenvalue weighted by Crippen LogP contribution is -2.32. The molecule has 0 aliphatic rings. The fraction of sp³-hybridized carbons (Fsp3) is 0.211. The van der Waals surface area contributed by atoms with Crippen molar-refractivity contribution in [1.29, 1.82) is 5.26 Å². The highest BCUT2D eigenvalue weighted by Crippen LogP contribution is 2.38. The molecule has 0 radical (unpaired) electrons. The summed E-state index contributed by atoms with van der Waals surface area (Å²) in [6, 6.07) is 3.37. The van der Waals surface area contributed by atoms with E-state index in [-0.39, 0.29) is 24.0 Å². The fourth-order valence-electron chi connectivity index (χ4n) is 2.84. The van der Waals surface area contributed by atoms with E-state index in [1.54, 1.807) is 6.92 Å². The Kier molecular flexibility index (Phi) is 6.87. The molecule has 0 aliphatic heterocycles. The third-order valence-electron chi connectivity index (χ3n) is 4.21. The first-order valence-electron chi connectivity index (χ1n) is 8.79. The number of halogens is 6. The second-order valence-electron chi connectivity index (χ2n) is 6.12. The number of allylic oxidation sites excluding steroid dienone is 1. The van der Waals surface area contributed by atoms with Gasteiger partial charge in [-0.25, -0.2) is 4.98 Å². The Hall–Kier alpha value is -3.95. The zero-order chi connectivity index (χ0) is 24.3. The summed E-state index contributed by atoms with van der Waals surface area (Å²) in [5.74, 6) is -1.82. The van der Waals surface area contributed by atoms with Gasteiger partial charge in [-0.2, -0.15) is 31.6 Å². The number of rotatable bonds is 5. The molecular weight excluding hydrogens is 442 g/mol. The minimum Gasteiger partial charge on any atom is -0.405 e. The van der Waals surface area contributed by atoms with Crippen LogP contribution >= 0.6 is 0 Å². The molecule has 13 heteroatoms. The van der Waals surface area contributed by atoms with Crippen LogP contribution < -0.4 is 11.5 Å². The summed E-state index contributed by atoms with van der Waals surface area (Å²) in [5.41, 5.74) is 5.70. The Labute approximate surface area is 177 Å². The molecule has 0 saturated carbocycles. The van der Waals surface area contributed by atoms with Crippen molar-refractivity contribution in [2.45, 2.75) is 19.3 Å². The van der Waals surface area contributed by atoms with E-state index in [0.29, 0.717) is 4.57 Å². The van der Waals surface area contributed by atoms with Crippen LogP contribution in [0.15, 0.2) is 48.6 Å². The van der Waals surface area contributed by atoms with Crippen LogP contribution in [0, 0.1) is 11.3 Å². The number of carbonyl (C=O) groups is 1. The maximum Gasteiger partial charge on any atom is 0.433 e. The number of nitrogens with two attached hydrogens (primary N) is 2. The first kappa shape index (κ1) is 24.3. The lowest BCUT2D eigenvalue weighted by atomic mass is 10.1. The monoisotopic (exact) mass is 458 g/mol. The maximum atomic E-state index is 13.4. The first-order chi connectivity index (χ1) is 14.9. The Morgan fingerprint density at radius 1 is 1.25 bits per heavy atom. The van der Waals surface area contributed by atoms with Crippen LogP contribution in [0.5, 0.6) is 0 Å². The molecule has 0 aliphatic carbocycles. The van der Waals surface area contributed by atoms with Crippen molar-refractivity contribution in [1.82, 2.24) is 14.5 Å². The van der Waals surface area contributed by atoms with Crippen molar-refractivity contribution in [3.63, 3.8) is 0 Å². The van der Waals surface area contributed by atoms with E-state index in [0.717, 1.165) is 29.6 Å². The van der Waals surface area contributed by atoms with Crippen molar-refractivity contribution in [2.24, 2.45) is 11.5 Å². The zero-order valence-corrected chi connectivity index (χ0v) is 16.4. The Morgan fingerprint density at radius 2 is 1.91 bits per heavy atom. The highest BCUT2D eigenvalue weighted by Gasteiger charge is 2.41. The minimum atomic E-state index is -5.28. The molecule has 0 spiro atoms. The van der Waals surface area contributed by atoms with Gasteiger partial charge in [0.05, 0.1) is 11.3 Å². The summed E-state index contributed by atoms with van der Waals surface area (Å²) in [5, 5.41) is 9.31. The van der Waals surface area contributed by atoms with Crippen LogP contribution in [0.3, 0.4) is 0 Å². The van der Waals surface area contributed by atoms with Gasteiger partial charge < -0.3 is 16.4 Å². The normalized spacial score (nSPS) is 12.8. The predicted octanol–water partition coefficient (Wildman–Crippen LogP) is 3.52. The molecule has 0 aromatic carbocycles. The SMILES string of the molecule is CCN(C(=O)c1cccn1-c1nc(C(F)(F)F)cc(C(F)(F)F)c1C#N)C(/C=C\N)=C/N. The van der Waals surface area contributed by atoms with Crippen molar-refractivity contribution in [3.05, 3.63) is 71.1 Å². The van der Waals surface area contributed by atoms with Crippen LogP contribution in [0.25, 0.3) is 5.82 Å². The highest BCUT2D eigenvalue weighted by molar-refractivity contribution is 5.95. The third-order valence-corrected chi connectivity index (χ3v) is 4.21. The van der Waals surface area contributed by atoms with Crippen LogP contribution in [0.1, 0.15) is 34.2 Å². The average Bonchev–Trinajstić information content (AvgIpc) is 3.20. The topological polar surface area (TPSA) is 114 Å². The lowest BCUT2D eigenvalue weighted by Gasteiger charge is -2.23. The number of hydrogen-bond acceptors (Lipinski definition) is 5. The van der Waals surface area contributed by atoms with Gasteiger partial charge in [-0.1, -0.05) is 0 Å². The van der Waals surface area contributed by atoms with Gasteiger partial charge in [-0.05, 0) is 37.4 Å². The number of aromatic nitrogens is 2. The van der Waals surface area contributed by atoms with Gasteiger partial charge in [0, 0.05) is 18.9 Å². The first-order valence-corrected chi connectivity index (χ1v) is 8.79. The number of nitriles is 1. The molecule has 0 fully saturated rings. The Balaban J connectivity index is 2.81. The molecular formula is C19H16F6N6O. The number of amides is 1. The molecule has 0 saturated heterocycles. The van der Waals surface area contributed by atoms with Gasteiger partial charge in [0.15, 0.2) is 5.82 Å². The van der Waals surface area contributed by atoms with Gasteiger partial charge in [-0.3, -0.25) is 9.36 Å². The smallest absolute Gasteiger partial charge is 0.405 e. The third kappa shape index (κ3) is 4.69. The molecule has 170 valence electrons.